The minimum Gasteiger partial charge on any atom is -0.481 e. The number of hydrogen-bond acceptors (Lipinski definition) is 2. The molecule has 0 aliphatic heterocycles. The molecule has 0 unspecified atom stereocenters. The van der Waals surface area contributed by atoms with Gasteiger partial charge < -0.3 is 9.67 Å². The minimum atomic E-state index is -0.785. The quantitative estimate of drug-likeness (QED) is 0.274. The molecule has 5 rings (SSSR count). The molecule has 0 spiro atoms. The fourth-order valence-electron chi connectivity index (χ4n) is 4.54. The van der Waals surface area contributed by atoms with Crippen LogP contribution in [0.4, 0.5) is 0 Å². The first-order valence-corrected chi connectivity index (χ1v) is 11.7. The summed E-state index contributed by atoms with van der Waals surface area (Å²) in [6.07, 6.45) is 9.17. The number of carboxylic acids is 1. The fourth-order valence-corrected chi connectivity index (χ4v) is 4.54. The third-order valence-corrected chi connectivity index (χ3v) is 6.34. The lowest BCUT2D eigenvalue weighted by Gasteiger charge is -2.08. The third-order valence-electron chi connectivity index (χ3n) is 6.34. The number of benzene rings is 3. The zero-order chi connectivity index (χ0) is 24.2. The van der Waals surface area contributed by atoms with Gasteiger partial charge in [0.25, 0.3) is 0 Å². The van der Waals surface area contributed by atoms with Crippen LogP contribution in [0.3, 0.4) is 0 Å². The number of aliphatic carboxylic acids is 1. The predicted octanol–water partition coefficient (Wildman–Crippen LogP) is 6.94. The Labute approximate surface area is 204 Å². The van der Waals surface area contributed by atoms with Gasteiger partial charge in [0, 0.05) is 41.6 Å². The second-order valence-corrected chi connectivity index (χ2v) is 8.65. The summed E-state index contributed by atoms with van der Waals surface area (Å²) >= 11 is 0. The molecule has 0 atom stereocenters. The zero-order valence-corrected chi connectivity index (χ0v) is 19.4. The molecule has 2 heterocycles. The summed E-state index contributed by atoms with van der Waals surface area (Å²) < 4.78 is 2.21. The predicted molar refractivity (Wildman–Crippen MR) is 142 cm³/mol. The van der Waals surface area contributed by atoms with E-state index >= 15 is 0 Å². The van der Waals surface area contributed by atoms with Crippen LogP contribution in [0.5, 0.6) is 0 Å². The van der Waals surface area contributed by atoms with Gasteiger partial charge in [-0.25, -0.2) is 0 Å². The number of carbonyl (C=O) groups is 1. The van der Waals surface area contributed by atoms with E-state index < -0.39 is 5.97 Å². The molecule has 0 bridgehead atoms. The van der Waals surface area contributed by atoms with Crippen LogP contribution in [0, 0.1) is 0 Å². The first-order chi connectivity index (χ1) is 17.1. The van der Waals surface area contributed by atoms with Crippen molar-refractivity contribution in [2.75, 3.05) is 0 Å². The van der Waals surface area contributed by atoms with Gasteiger partial charge in [0.1, 0.15) is 0 Å². The highest BCUT2D eigenvalue weighted by molar-refractivity contribution is 5.99. The Morgan fingerprint density at radius 2 is 1.60 bits per heavy atom. The standard InChI is InChI=1S/C31H26N2O2/c1-2-25-5-3-4-6-27(25)29-21-33(30-13-9-23(20-28(29)30)10-14-31(34)35)26-11-7-22(8-12-26)19-24-15-17-32-18-16-24/h2-9,11-13,15-18,20-21H,1,10,14,19H2,(H,34,35). The summed E-state index contributed by atoms with van der Waals surface area (Å²) in [5.74, 6) is -0.785. The molecule has 0 saturated heterocycles. The van der Waals surface area contributed by atoms with E-state index in [1.165, 1.54) is 11.1 Å². The molecule has 172 valence electrons. The Kier molecular flexibility index (Phi) is 6.27. The van der Waals surface area contributed by atoms with E-state index in [-0.39, 0.29) is 6.42 Å². The van der Waals surface area contributed by atoms with Crippen molar-refractivity contribution in [2.24, 2.45) is 0 Å². The first kappa shape index (κ1) is 22.4. The molecule has 2 aromatic heterocycles. The lowest BCUT2D eigenvalue weighted by Crippen LogP contribution is -1.97. The van der Waals surface area contributed by atoms with Crippen molar-refractivity contribution in [3.05, 3.63) is 126 Å². The van der Waals surface area contributed by atoms with E-state index in [0.29, 0.717) is 6.42 Å². The number of carboxylic acid groups (broad SMARTS) is 1. The molecule has 0 amide bonds. The molecule has 0 radical (unpaired) electrons. The zero-order valence-electron chi connectivity index (χ0n) is 19.4. The van der Waals surface area contributed by atoms with E-state index in [0.717, 1.165) is 45.3 Å². The maximum atomic E-state index is 11.1. The van der Waals surface area contributed by atoms with Gasteiger partial charge in [-0.2, -0.15) is 0 Å². The number of fused-ring (bicyclic) bond motifs is 1. The molecule has 5 aromatic rings. The van der Waals surface area contributed by atoms with Crippen molar-refractivity contribution in [1.82, 2.24) is 9.55 Å². The number of aryl methyl sites for hydroxylation is 1. The van der Waals surface area contributed by atoms with E-state index in [9.17, 15) is 4.79 Å². The monoisotopic (exact) mass is 458 g/mol. The molecule has 3 aromatic carbocycles. The summed E-state index contributed by atoms with van der Waals surface area (Å²) in [6.45, 7) is 4.00. The van der Waals surface area contributed by atoms with E-state index in [1.807, 2.05) is 48.8 Å². The number of rotatable bonds is 8. The van der Waals surface area contributed by atoms with Gasteiger partial charge in [0.2, 0.25) is 0 Å². The van der Waals surface area contributed by atoms with Crippen molar-refractivity contribution in [1.29, 1.82) is 0 Å². The second kappa shape index (κ2) is 9.82. The van der Waals surface area contributed by atoms with Crippen LogP contribution in [0.15, 0.2) is 104 Å². The normalized spacial score (nSPS) is 11.0. The van der Waals surface area contributed by atoms with Crippen molar-refractivity contribution >= 4 is 22.9 Å². The lowest BCUT2D eigenvalue weighted by molar-refractivity contribution is -0.136. The number of hydrogen-bond donors (Lipinski definition) is 1. The SMILES string of the molecule is C=Cc1ccccc1-c1cn(-c2ccc(Cc3ccncc3)cc2)c2ccc(CCC(=O)O)cc12. The Morgan fingerprint density at radius 3 is 2.34 bits per heavy atom. The van der Waals surface area contributed by atoms with Crippen molar-refractivity contribution in [2.45, 2.75) is 19.3 Å². The molecular weight excluding hydrogens is 432 g/mol. The van der Waals surface area contributed by atoms with Crippen LogP contribution in [0.2, 0.25) is 0 Å². The largest absolute Gasteiger partial charge is 0.481 e. The summed E-state index contributed by atoms with van der Waals surface area (Å²) in [5, 5.41) is 10.2. The molecule has 4 heteroatoms. The smallest absolute Gasteiger partial charge is 0.303 e. The van der Waals surface area contributed by atoms with Gasteiger partial charge in [0.15, 0.2) is 0 Å². The highest BCUT2D eigenvalue weighted by Gasteiger charge is 2.15. The molecular formula is C31H26N2O2. The number of aromatic nitrogens is 2. The van der Waals surface area contributed by atoms with E-state index in [1.54, 1.807) is 0 Å². The van der Waals surface area contributed by atoms with Gasteiger partial charge in [0.05, 0.1) is 5.52 Å². The molecule has 35 heavy (non-hydrogen) atoms. The third kappa shape index (κ3) is 4.78. The van der Waals surface area contributed by atoms with Crippen LogP contribution in [-0.4, -0.2) is 20.6 Å². The van der Waals surface area contributed by atoms with Crippen LogP contribution in [0.25, 0.3) is 33.8 Å². The van der Waals surface area contributed by atoms with Gasteiger partial charge >= 0.3 is 5.97 Å². The number of pyridine rings is 1. The summed E-state index contributed by atoms with van der Waals surface area (Å²) in [7, 11) is 0. The highest BCUT2D eigenvalue weighted by Crippen LogP contribution is 2.35. The maximum absolute atomic E-state index is 11.1. The van der Waals surface area contributed by atoms with Crippen LogP contribution in [-0.2, 0) is 17.6 Å². The molecule has 0 aliphatic rings. The molecule has 4 nitrogen and oxygen atoms in total. The van der Waals surface area contributed by atoms with Crippen LogP contribution < -0.4 is 0 Å². The van der Waals surface area contributed by atoms with Gasteiger partial charge in [-0.1, -0.05) is 55.1 Å². The van der Waals surface area contributed by atoms with Crippen molar-refractivity contribution < 1.29 is 9.90 Å². The Balaban J connectivity index is 1.58. The second-order valence-electron chi connectivity index (χ2n) is 8.65. The Morgan fingerprint density at radius 1 is 0.886 bits per heavy atom. The highest BCUT2D eigenvalue weighted by atomic mass is 16.4. The molecule has 0 aliphatic carbocycles. The van der Waals surface area contributed by atoms with Crippen LogP contribution >= 0.6 is 0 Å². The van der Waals surface area contributed by atoms with E-state index in [4.69, 9.17) is 5.11 Å². The maximum Gasteiger partial charge on any atom is 0.303 e. The first-order valence-electron chi connectivity index (χ1n) is 11.7. The van der Waals surface area contributed by atoms with Crippen LogP contribution in [0.1, 0.15) is 28.7 Å². The fraction of sp³-hybridized carbons (Fsp3) is 0.0968. The molecule has 1 N–H and O–H groups in total. The summed E-state index contributed by atoms with van der Waals surface area (Å²) in [4.78, 5) is 15.2. The summed E-state index contributed by atoms with van der Waals surface area (Å²) in [5.41, 5.74) is 8.93. The van der Waals surface area contributed by atoms with Gasteiger partial charge in [-0.15, -0.1) is 0 Å². The topological polar surface area (TPSA) is 55.1 Å². The summed E-state index contributed by atoms with van der Waals surface area (Å²) in [6, 6.07) is 27.2. The Bertz CT molecular complexity index is 1500. The van der Waals surface area contributed by atoms with Crippen molar-refractivity contribution in [3.63, 3.8) is 0 Å². The lowest BCUT2D eigenvalue weighted by atomic mass is 9.97. The molecule has 0 saturated carbocycles. The van der Waals surface area contributed by atoms with Crippen molar-refractivity contribution in [3.8, 4) is 16.8 Å². The van der Waals surface area contributed by atoms with Gasteiger partial charge in [-0.3, -0.25) is 9.78 Å². The Hall–Kier alpha value is -4.44. The average Bonchev–Trinajstić information content (AvgIpc) is 3.27. The number of nitrogens with zero attached hydrogens (tertiary/aromatic N) is 2. The van der Waals surface area contributed by atoms with Gasteiger partial charge in [-0.05, 0) is 77.1 Å². The molecule has 0 fully saturated rings. The van der Waals surface area contributed by atoms with E-state index in [2.05, 4.69) is 70.9 Å². The minimum absolute atomic E-state index is 0.115. The average molecular weight is 459 g/mol.